The predicted molar refractivity (Wildman–Crippen MR) is 148 cm³/mol. The molecule has 7 heteroatoms. The van der Waals surface area contributed by atoms with Crippen LogP contribution in [0.4, 0.5) is 4.39 Å². The first kappa shape index (κ1) is 24.5. The number of nitrogens with zero attached hydrogens (tertiary/aromatic N) is 2. The van der Waals surface area contributed by atoms with Crippen molar-refractivity contribution in [2.45, 2.75) is 56.8 Å². The minimum absolute atomic E-state index is 0.0343. The van der Waals surface area contributed by atoms with Gasteiger partial charge in [0.05, 0.1) is 18.0 Å². The lowest BCUT2D eigenvalue weighted by molar-refractivity contribution is -0.244. The van der Waals surface area contributed by atoms with Gasteiger partial charge >= 0.3 is 0 Å². The number of halogens is 2. The van der Waals surface area contributed by atoms with E-state index in [2.05, 4.69) is 21.7 Å². The Balaban J connectivity index is 1.10. The van der Waals surface area contributed by atoms with Crippen LogP contribution in [-0.4, -0.2) is 33.2 Å². The number of likely N-dealkylation sites (tertiary alicyclic amines) is 1. The summed E-state index contributed by atoms with van der Waals surface area (Å²) in [6.07, 6.45) is 6.47. The number of fused-ring (bicyclic) bond motifs is 1. The van der Waals surface area contributed by atoms with Crippen LogP contribution in [0, 0.1) is 23.1 Å². The van der Waals surface area contributed by atoms with Gasteiger partial charge in [0.25, 0.3) is 0 Å². The number of aliphatic hydroxyl groups excluding tert-OH is 1. The van der Waals surface area contributed by atoms with Crippen LogP contribution in [0.3, 0.4) is 0 Å². The zero-order valence-corrected chi connectivity index (χ0v) is 21.9. The summed E-state index contributed by atoms with van der Waals surface area (Å²) < 4.78 is 20.9. The van der Waals surface area contributed by atoms with Crippen LogP contribution in [-0.2, 0) is 6.54 Å². The van der Waals surface area contributed by atoms with Gasteiger partial charge in [-0.3, -0.25) is 9.69 Å². The zero-order valence-electron chi connectivity index (χ0n) is 21.2. The average molecular weight is 541 g/mol. The first-order chi connectivity index (χ1) is 18.9. The molecule has 0 amide bonds. The lowest BCUT2D eigenvalue weighted by atomic mass is 9.47. The van der Waals surface area contributed by atoms with Gasteiger partial charge in [-0.1, -0.05) is 29.7 Å². The van der Waals surface area contributed by atoms with Crippen molar-refractivity contribution in [1.29, 1.82) is 0 Å². The molecule has 1 N–H and O–H groups in total. The van der Waals surface area contributed by atoms with Gasteiger partial charge in [0.2, 0.25) is 0 Å². The van der Waals surface area contributed by atoms with Gasteiger partial charge in [0, 0.05) is 45.9 Å². The van der Waals surface area contributed by atoms with Gasteiger partial charge in [-0.2, -0.15) is 0 Å². The molecule has 1 aliphatic heterocycles. The molecule has 39 heavy (non-hydrogen) atoms. The number of aliphatic hydroxyl groups is 1. The first-order valence-corrected chi connectivity index (χ1v) is 13.7. The van der Waals surface area contributed by atoms with Gasteiger partial charge in [0.1, 0.15) is 17.0 Å². The summed E-state index contributed by atoms with van der Waals surface area (Å²) in [5.41, 5.74) is 2.72. The normalized spacial score (nSPS) is 25.6. The van der Waals surface area contributed by atoms with Crippen molar-refractivity contribution in [2.24, 2.45) is 5.41 Å². The first-order valence-electron chi connectivity index (χ1n) is 13.3. The van der Waals surface area contributed by atoms with E-state index in [4.69, 9.17) is 16.0 Å². The molecular weight excluding hydrogens is 515 g/mol. The molecule has 3 fully saturated rings. The molecule has 4 aromatic rings. The molecular formula is C32H26ClFN2O3. The van der Waals surface area contributed by atoms with Crippen LogP contribution < -0.4 is 5.43 Å². The Hall–Kier alpha value is -3.50. The molecule has 7 rings (SSSR count). The highest BCUT2D eigenvalue weighted by Crippen LogP contribution is 2.64. The van der Waals surface area contributed by atoms with Gasteiger partial charge in [-0.25, -0.2) is 9.37 Å². The molecule has 2 aromatic heterocycles. The van der Waals surface area contributed by atoms with Crippen molar-refractivity contribution in [2.75, 3.05) is 0 Å². The number of pyridine rings is 1. The topological polar surface area (TPSA) is 66.6 Å². The van der Waals surface area contributed by atoms with Crippen LogP contribution in [0.25, 0.3) is 22.1 Å². The van der Waals surface area contributed by atoms with E-state index >= 15 is 0 Å². The second-order valence-electron chi connectivity index (χ2n) is 11.0. The maximum atomic E-state index is 14.7. The fraction of sp³-hybridized carbons (Fsp3) is 0.312. The van der Waals surface area contributed by atoms with E-state index in [1.54, 1.807) is 42.6 Å². The minimum atomic E-state index is -0.520. The molecule has 1 saturated heterocycles. The molecule has 3 heterocycles. The summed E-state index contributed by atoms with van der Waals surface area (Å²) >= 11 is 5.93. The maximum Gasteiger partial charge on any atom is 0.193 e. The summed E-state index contributed by atoms with van der Waals surface area (Å²) in [6.45, 7) is 0.608. The second kappa shape index (κ2) is 9.31. The molecule has 2 aliphatic carbocycles. The van der Waals surface area contributed by atoms with Gasteiger partial charge in [0.15, 0.2) is 11.2 Å². The highest BCUT2D eigenvalue weighted by Gasteiger charge is 2.66. The maximum absolute atomic E-state index is 14.7. The van der Waals surface area contributed by atoms with Gasteiger partial charge in [-0.15, -0.1) is 0 Å². The van der Waals surface area contributed by atoms with E-state index < -0.39 is 5.82 Å². The molecule has 4 unspecified atom stereocenters. The van der Waals surface area contributed by atoms with Crippen molar-refractivity contribution < 1.29 is 13.9 Å². The Morgan fingerprint density at radius 2 is 1.87 bits per heavy atom. The van der Waals surface area contributed by atoms with Crippen LogP contribution >= 0.6 is 11.6 Å². The third-order valence-corrected chi connectivity index (χ3v) is 9.11. The highest BCUT2D eigenvalue weighted by molar-refractivity contribution is 6.30. The molecule has 5 nitrogen and oxygen atoms in total. The largest absolute Gasteiger partial charge is 0.459 e. The zero-order chi connectivity index (χ0) is 26.7. The number of piperidine rings is 1. The minimum Gasteiger partial charge on any atom is -0.459 e. The van der Waals surface area contributed by atoms with Crippen molar-refractivity contribution in [1.82, 2.24) is 9.88 Å². The molecule has 196 valence electrons. The molecule has 2 saturated carbocycles. The SMILES string of the molecule is O=c1cc(CN2C3CCC(O)CC34CCC24)oc2ccc(C#Cc3ncc(-c4ccc(Cl)cc4)cc3F)cc12. The van der Waals surface area contributed by atoms with Crippen LogP contribution in [0.15, 0.2) is 70.0 Å². The lowest BCUT2D eigenvalue weighted by Crippen LogP contribution is -2.78. The molecule has 2 aromatic carbocycles. The van der Waals surface area contributed by atoms with Crippen molar-refractivity contribution in [3.63, 3.8) is 0 Å². The number of aromatic nitrogens is 1. The van der Waals surface area contributed by atoms with Gasteiger partial charge < -0.3 is 9.52 Å². The van der Waals surface area contributed by atoms with Crippen LogP contribution in [0.2, 0.25) is 5.02 Å². The standard InChI is InChI=1S/C32H26ClFN2O3/c33-22-5-3-20(4-6-22)21-14-26(34)27(35-17-21)8-1-19-2-9-29-25(13-19)28(38)15-24(39-29)18-36-30-10-7-23(37)16-32(30)12-11-31(32)36/h2-6,9,13-15,17,23,30-31,37H,7,10-12,16,18H2. The number of hydrogen-bond acceptors (Lipinski definition) is 5. The lowest BCUT2D eigenvalue weighted by Gasteiger charge is -2.73. The fourth-order valence-electron chi connectivity index (χ4n) is 6.94. The number of rotatable bonds is 3. The molecule has 3 aliphatic rings. The van der Waals surface area contributed by atoms with E-state index in [0.717, 1.165) is 31.2 Å². The van der Waals surface area contributed by atoms with Crippen molar-refractivity contribution in [3.8, 4) is 23.0 Å². The molecule has 0 radical (unpaired) electrons. The Morgan fingerprint density at radius 1 is 1.05 bits per heavy atom. The van der Waals surface area contributed by atoms with E-state index in [-0.39, 0.29) is 22.6 Å². The summed E-state index contributed by atoms with van der Waals surface area (Å²) in [5, 5.41) is 11.2. The summed E-state index contributed by atoms with van der Waals surface area (Å²) in [5.74, 6) is 5.85. The van der Waals surface area contributed by atoms with E-state index in [1.807, 2.05) is 12.1 Å². The summed E-state index contributed by atoms with van der Waals surface area (Å²) in [6, 6.07) is 16.2. The quantitative estimate of drug-likeness (QED) is 0.326. The Morgan fingerprint density at radius 3 is 2.64 bits per heavy atom. The summed E-state index contributed by atoms with van der Waals surface area (Å²) in [7, 11) is 0. The van der Waals surface area contributed by atoms with E-state index in [1.165, 1.54) is 12.5 Å². The fourth-order valence-corrected chi connectivity index (χ4v) is 7.06. The second-order valence-corrected chi connectivity index (χ2v) is 11.4. The van der Waals surface area contributed by atoms with E-state index in [9.17, 15) is 14.3 Å². The number of benzene rings is 2. The monoisotopic (exact) mass is 540 g/mol. The Labute approximate surface area is 230 Å². The van der Waals surface area contributed by atoms with Crippen molar-refractivity contribution >= 4 is 22.6 Å². The molecule has 0 bridgehead atoms. The van der Waals surface area contributed by atoms with Crippen molar-refractivity contribution in [3.05, 3.63) is 98.9 Å². The van der Waals surface area contributed by atoms with Crippen LogP contribution in [0.5, 0.6) is 0 Å². The third kappa shape index (κ3) is 4.17. The Bertz CT molecular complexity index is 1720. The highest BCUT2D eigenvalue weighted by atomic mass is 35.5. The smallest absolute Gasteiger partial charge is 0.193 e. The Kier molecular flexibility index (Phi) is 5.85. The predicted octanol–water partition coefficient (Wildman–Crippen LogP) is 5.93. The van der Waals surface area contributed by atoms with E-state index in [0.29, 0.717) is 51.5 Å². The molecule has 4 atom stereocenters. The van der Waals surface area contributed by atoms with Crippen LogP contribution in [0.1, 0.15) is 49.1 Å². The van der Waals surface area contributed by atoms with Gasteiger partial charge in [-0.05, 0) is 80.0 Å². The summed E-state index contributed by atoms with van der Waals surface area (Å²) in [4.78, 5) is 19.7. The third-order valence-electron chi connectivity index (χ3n) is 8.86. The molecule has 1 spiro atoms. The average Bonchev–Trinajstić information content (AvgIpc) is 2.92. The number of hydrogen-bond donors (Lipinski definition) is 1.